The van der Waals surface area contributed by atoms with Gasteiger partial charge >= 0.3 is 0 Å². The van der Waals surface area contributed by atoms with E-state index in [0.29, 0.717) is 13.2 Å². The van der Waals surface area contributed by atoms with Crippen LogP contribution >= 0.6 is 0 Å². The molecule has 0 spiro atoms. The van der Waals surface area contributed by atoms with Crippen LogP contribution in [0.3, 0.4) is 0 Å². The zero-order valence-corrected chi connectivity index (χ0v) is 5.89. The second kappa shape index (κ2) is 5.72. The first-order valence-corrected chi connectivity index (χ1v) is 2.90. The van der Waals surface area contributed by atoms with Gasteiger partial charge in [0.2, 0.25) is 0 Å². The van der Waals surface area contributed by atoms with Crippen molar-refractivity contribution < 1.29 is 9.47 Å². The van der Waals surface area contributed by atoms with Gasteiger partial charge in [-0.15, -0.1) is 0 Å². The SMILES string of the molecule is COCOC(C)CC=N. The highest BCUT2D eigenvalue weighted by molar-refractivity contribution is 5.53. The van der Waals surface area contributed by atoms with Gasteiger partial charge in [-0.2, -0.15) is 0 Å². The predicted octanol–water partition coefficient (Wildman–Crippen LogP) is 1.04. The zero-order chi connectivity index (χ0) is 7.11. The topological polar surface area (TPSA) is 42.3 Å². The first-order valence-electron chi connectivity index (χ1n) is 2.90. The van der Waals surface area contributed by atoms with E-state index in [9.17, 15) is 0 Å². The van der Waals surface area contributed by atoms with Crippen molar-refractivity contribution in [1.29, 1.82) is 5.41 Å². The van der Waals surface area contributed by atoms with Crippen LogP contribution in [0.4, 0.5) is 0 Å². The van der Waals surface area contributed by atoms with Crippen molar-refractivity contribution in [2.45, 2.75) is 19.4 Å². The van der Waals surface area contributed by atoms with Gasteiger partial charge in [0.1, 0.15) is 6.79 Å². The third-order valence-corrected chi connectivity index (χ3v) is 0.920. The summed E-state index contributed by atoms with van der Waals surface area (Å²) < 4.78 is 9.72. The van der Waals surface area contributed by atoms with Crippen molar-refractivity contribution in [3.8, 4) is 0 Å². The van der Waals surface area contributed by atoms with Gasteiger partial charge in [0, 0.05) is 13.5 Å². The lowest BCUT2D eigenvalue weighted by Gasteiger charge is -2.07. The molecule has 0 aliphatic heterocycles. The molecule has 0 aliphatic carbocycles. The summed E-state index contributed by atoms with van der Waals surface area (Å²) in [5, 5.41) is 6.72. The normalized spacial score (nSPS) is 13.1. The van der Waals surface area contributed by atoms with E-state index in [1.165, 1.54) is 6.21 Å². The Bertz CT molecular complexity index is 75.5. The lowest BCUT2D eigenvalue weighted by molar-refractivity contribution is -0.0622. The van der Waals surface area contributed by atoms with E-state index in [4.69, 9.17) is 10.1 Å². The largest absolute Gasteiger partial charge is 0.359 e. The van der Waals surface area contributed by atoms with Gasteiger partial charge in [0.15, 0.2) is 0 Å². The van der Waals surface area contributed by atoms with Crippen molar-refractivity contribution in [2.24, 2.45) is 0 Å². The van der Waals surface area contributed by atoms with E-state index in [-0.39, 0.29) is 6.10 Å². The summed E-state index contributed by atoms with van der Waals surface area (Å²) in [6.45, 7) is 2.22. The van der Waals surface area contributed by atoms with Gasteiger partial charge in [-0.25, -0.2) is 0 Å². The molecule has 0 heterocycles. The van der Waals surface area contributed by atoms with E-state index in [1.54, 1.807) is 7.11 Å². The van der Waals surface area contributed by atoms with E-state index >= 15 is 0 Å². The Labute approximate surface area is 55.5 Å². The monoisotopic (exact) mass is 131 g/mol. The molecule has 0 rings (SSSR count). The quantitative estimate of drug-likeness (QED) is 0.447. The minimum atomic E-state index is 0.0995. The molecular weight excluding hydrogens is 118 g/mol. The maximum absolute atomic E-state index is 6.72. The molecule has 0 saturated carbocycles. The van der Waals surface area contributed by atoms with Crippen LogP contribution in [-0.4, -0.2) is 26.2 Å². The summed E-state index contributed by atoms with van der Waals surface area (Å²) >= 11 is 0. The number of methoxy groups -OCH3 is 1. The molecule has 54 valence electrons. The molecule has 0 aromatic rings. The van der Waals surface area contributed by atoms with Gasteiger partial charge in [0.05, 0.1) is 6.10 Å². The molecule has 0 aromatic carbocycles. The smallest absolute Gasteiger partial charge is 0.146 e. The minimum Gasteiger partial charge on any atom is -0.359 e. The van der Waals surface area contributed by atoms with Crippen LogP contribution in [-0.2, 0) is 9.47 Å². The van der Waals surface area contributed by atoms with Crippen LogP contribution in [0.5, 0.6) is 0 Å². The molecular formula is C6H13NO2. The standard InChI is InChI=1S/C6H13NO2/c1-6(3-4-7)9-5-8-2/h4,6-7H,3,5H2,1-2H3. The predicted molar refractivity (Wildman–Crippen MR) is 35.8 cm³/mol. The average molecular weight is 131 g/mol. The molecule has 0 amide bonds. The fraction of sp³-hybridized carbons (Fsp3) is 0.833. The van der Waals surface area contributed by atoms with Gasteiger partial charge < -0.3 is 14.9 Å². The molecule has 0 bridgehead atoms. The number of hydrogen-bond donors (Lipinski definition) is 1. The number of nitrogens with one attached hydrogen (secondary N) is 1. The Morgan fingerprint density at radius 3 is 2.78 bits per heavy atom. The maximum atomic E-state index is 6.72. The molecule has 0 aromatic heterocycles. The molecule has 9 heavy (non-hydrogen) atoms. The Morgan fingerprint density at radius 2 is 2.33 bits per heavy atom. The highest BCUT2D eigenvalue weighted by atomic mass is 16.7. The third-order valence-electron chi connectivity index (χ3n) is 0.920. The van der Waals surface area contributed by atoms with Gasteiger partial charge in [-0.1, -0.05) is 0 Å². The summed E-state index contributed by atoms with van der Waals surface area (Å²) in [6, 6.07) is 0. The second-order valence-corrected chi connectivity index (χ2v) is 1.82. The summed E-state index contributed by atoms with van der Waals surface area (Å²) in [5.74, 6) is 0. The molecule has 0 fully saturated rings. The first-order chi connectivity index (χ1) is 4.31. The van der Waals surface area contributed by atoms with Crippen molar-refractivity contribution >= 4 is 6.21 Å². The molecule has 0 saturated heterocycles. The number of hydrogen-bond acceptors (Lipinski definition) is 3. The first kappa shape index (κ1) is 8.59. The second-order valence-electron chi connectivity index (χ2n) is 1.82. The van der Waals surface area contributed by atoms with Crippen molar-refractivity contribution in [2.75, 3.05) is 13.9 Å². The fourth-order valence-corrected chi connectivity index (χ4v) is 0.418. The molecule has 1 unspecified atom stereocenters. The van der Waals surface area contributed by atoms with Crippen LogP contribution in [0.25, 0.3) is 0 Å². The summed E-state index contributed by atoms with van der Waals surface area (Å²) in [6.07, 6.45) is 2.09. The van der Waals surface area contributed by atoms with Crippen molar-refractivity contribution in [1.82, 2.24) is 0 Å². The van der Waals surface area contributed by atoms with Crippen LogP contribution in [0.1, 0.15) is 13.3 Å². The van der Waals surface area contributed by atoms with Crippen molar-refractivity contribution in [3.63, 3.8) is 0 Å². The molecule has 0 radical (unpaired) electrons. The minimum absolute atomic E-state index is 0.0995. The molecule has 1 atom stereocenters. The van der Waals surface area contributed by atoms with Crippen LogP contribution < -0.4 is 0 Å². The summed E-state index contributed by atoms with van der Waals surface area (Å²) in [4.78, 5) is 0. The van der Waals surface area contributed by atoms with E-state index in [0.717, 1.165) is 0 Å². The number of rotatable bonds is 5. The average Bonchev–Trinajstić information content (AvgIpc) is 1.85. The molecule has 3 heteroatoms. The maximum Gasteiger partial charge on any atom is 0.146 e. The van der Waals surface area contributed by atoms with Gasteiger partial charge in [-0.05, 0) is 13.1 Å². The van der Waals surface area contributed by atoms with Crippen molar-refractivity contribution in [3.05, 3.63) is 0 Å². The molecule has 3 nitrogen and oxygen atoms in total. The Kier molecular flexibility index (Phi) is 5.46. The molecule has 0 aliphatic rings. The molecule has 1 N–H and O–H groups in total. The summed E-state index contributed by atoms with van der Waals surface area (Å²) in [7, 11) is 1.58. The third kappa shape index (κ3) is 5.46. The lowest BCUT2D eigenvalue weighted by Crippen LogP contribution is -2.10. The fourth-order valence-electron chi connectivity index (χ4n) is 0.418. The summed E-state index contributed by atoms with van der Waals surface area (Å²) in [5.41, 5.74) is 0. The van der Waals surface area contributed by atoms with Gasteiger partial charge in [-0.3, -0.25) is 0 Å². The highest BCUT2D eigenvalue weighted by Gasteiger charge is 1.96. The Hall–Kier alpha value is -0.410. The van der Waals surface area contributed by atoms with Gasteiger partial charge in [0.25, 0.3) is 0 Å². The highest BCUT2D eigenvalue weighted by Crippen LogP contribution is 1.92. The van der Waals surface area contributed by atoms with Crippen LogP contribution in [0.2, 0.25) is 0 Å². The van der Waals surface area contributed by atoms with E-state index < -0.39 is 0 Å². The van der Waals surface area contributed by atoms with E-state index in [2.05, 4.69) is 4.74 Å². The van der Waals surface area contributed by atoms with Crippen LogP contribution in [0.15, 0.2) is 0 Å². The Balaban J connectivity index is 3.04. The van der Waals surface area contributed by atoms with E-state index in [1.807, 2.05) is 6.92 Å². The van der Waals surface area contributed by atoms with Crippen LogP contribution in [0, 0.1) is 5.41 Å². The Morgan fingerprint density at radius 1 is 1.67 bits per heavy atom. The lowest BCUT2D eigenvalue weighted by atomic mass is 10.3. The zero-order valence-electron chi connectivity index (χ0n) is 5.89. The number of ether oxygens (including phenoxy) is 2.